The van der Waals surface area contributed by atoms with Crippen molar-refractivity contribution in [2.24, 2.45) is 17.8 Å². The molecule has 3 aromatic heterocycles. The Labute approximate surface area is 353 Å². The molecule has 8 aromatic rings. The van der Waals surface area contributed by atoms with Crippen LogP contribution < -0.4 is 4.40 Å². The van der Waals surface area contributed by atoms with Gasteiger partial charge in [-0.15, -0.1) is 18.2 Å². The molecule has 11 rings (SSSR count). The quantitative estimate of drug-likeness (QED) is 0.118. The molecule has 0 amide bonds. The van der Waals surface area contributed by atoms with E-state index in [1.807, 2.05) is 36.7 Å². The molecule has 5 heteroatoms. The molecule has 57 heavy (non-hydrogen) atoms. The van der Waals surface area contributed by atoms with Gasteiger partial charge in [0.1, 0.15) is 5.58 Å². The molecule has 1 unspecified atom stereocenters. The monoisotopic (exact) mass is 983 g/mol. The third-order valence-electron chi connectivity index (χ3n) is 12.1. The van der Waals surface area contributed by atoms with Gasteiger partial charge in [0, 0.05) is 31.7 Å². The molecule has 0 spiro atoms. The second-order valence-corrected chi connectivity index (χ2v) is 27.5. The van der Waals surface area contributed by atoms with E-state index in [4.69, 9.17) is 9.40 Å². The van der Waals surface area contributed by atoms with Crippen molar-refractivity contribution in [2.45, 2.75) is 55.8 Å². The fraction of sp³-hybridized carbons (Fsp3) is 0.231. The number of nitrogens with zero attached hydrogens (tertiary/aromatic N) is 2. The molecule has 1 atom stereocenters. The van der Waals surface area contributed by atoms with Crippen LogP contribution in [0.4, 0.5) is 0 Å². The predicted octanol–water partition coefficient (Wildman–Crippen LogP) is 13.2. The van der Waals surface area contributed by atoms with E-state index in [0.29, 0.717) is 0 Å². The standard InChI is InChI=1S/C32H28NO.C20H20GeN.Ir/c1-2-5-23(6-3-1)25-13-14-27-28-7-4-8-29(32(28)34-31(27)20-25)30-19-22(15-16-33-30)18-26-17-21-9-11-24(26)12-10-21;1-21(2,3)19-13-14-20(22-15-19)18-11-9-17(10-12-18)16-7-5-4-6-8-16;/h1-7,13-16,19-21,24,26H,9-12,17-18H2;4-11,13-15H,1-3H3;/q2*-1;. The first-order valence-electron chi connectivity index (χ1n) is 20.3. The number of aromatic nitrogens is 2. The zero-order valence-corrected chi connectivity index (χ0v) is 37.5. The van der Waals surface area contributed by atoms with Crippen molar-refractivity contribution in [3.8, 4) is 44.8 Å². The van der Waals surface area contributed by atoms with Crippen molar-refractivity contribution in [3.63, 3.8) is 0 Å². The van der Waals surface area contributed by atoms with Gasteiger partial charge in [-0.25, -0.2) is 0 Å². The minimum atomic E-state index is -1.78. The maximum atomic E-state index is 6.46. The summed E-state index contributed by atoms with van der Waals surface area (Å²) in [7, 11) is 0. The topological polar surface area (TPSA) is 38.9 Å². The summed E-state index contributed by atoms with van der Waals surface area (Å²) in [4.78, 5) is 9.38. The molecule has 287 valence electrons. The Morgan fingerprint density at radius 2 is 1.40 bits per heavy atom. The van der Waals surface area contributed by atoms with Crippen LogP contribution in [0.2, 0.25) is 17.3 Å². The molecule has 3 aliphatic carbocycles. The predicted molar refractivity (Wildman–Crippen MR) is 235 cm³/mol. The number of rotatable bonds is 7. The summed E-state index contributed by atoms with van der Waals surface area (Å²) >= 11 is -1.78. The van der Waals surface area contributed by atoms with E-state index >= 15 is 0 Å². The first-order valence-corrected chi connectivity index (χ1v) is 27.6. The molecule has 0 saturated heterocycles. The third-order valence-corrected chi connectivity index (χ3v) is 16.4. The summed E-state index contributed by atoms with van der Waals surface area (Å²) < 4.78 is 7.89. The summed E-state index contributed by atoms with van der Waals surface area (Å²) in [5.74, 6) is 9.89. The van der Waals surface area contributed by atoms with Crippen molar-refractivity contribution in [1.29, 1.82) is 0 Å². The fourth-order valence-corrected chi connectivity index (χ4v) is 11.1. The Balaban J connectivity index is 0.000000172. The third kappa shape index (κ3) is 8.65. The largest absolute Gasteiger partial charge is 0.501 e. The average molecular weight is 982 g/mol. The molecule has 5 aromatic carbocycles. The van der Waals surface area contributed by atoms with Crippen molar-refractivity contribution in [1.82, 2.24) is 9.97 Å². The van der Waals surface area contributed by atoms with Gasteiger partial charge in [0.05, 0.1) is 5.58 Å². The van der Waals surface area contributed by atoms with E-state index < -0.39 is 13.3 Å². The first kappa shape index (κ1) is 39.2. The van der Waals surface area contributed by atoms with Crippen LogP contribution in [0, 0.1) is 29.9 Å². The molecule has 3 aliphatic rings. The zero-order valence-electron chi connectivity index (χ0n) is 33.0. The van der Waals surface area contributed by atoms with Gasteiger partial charge in [-0.1, -0.05) is 77.9 Å². The maximum absolute atomic E-state index is 6.46. The van der Waals surface area contributed by atoms with Crippen LogP contribution in [-0.4, -0.2) is 23.2 Å². The molecule has 3 saturated carbocycles. The minimum absolute atomic E-state index is 0. The number of hydrogen-bond donors (Lipinski definition) is 0. The molecular weight excluding hydrogens is 933 g/mol. The second kappa shape index (κ2) is 17.1. The van der Waals surface area contributed by atoms with Crippen LogP contribution in [0.3, 0.4) is 0 Å². The van der Waals surface area contributed by atoms with Gasteiger partial charge in [-0.2, -0.15) is 0 Å². The Morgan fingerprint density at radius 1 is 0.667 bits per heavy atom. The van der Waals surface area contributed by atoms with E-state index in [1.54, 1.807) is 0 Å². The van der Waals surface area contributed by atoms with Crippen LogP contribution in [0.1, 0.15) is 37.7 Å². The fourth-order valence-electron chi connectivity index (χ4n) is 8.94. The van der Waals surface area contributed by atoms with E-state index in [-0.39, 0.29) is 20.1 Å². The smallest absolute Gasteiger partial charge is 0.121 e. The van der Waals surface area contributed by atoms with Crippen LogP contribution in [-0.2, 0) is 26.5 Å². The summed E-state index contributed by atoms with van der Waals surface area (Å²) in [6.07, 6.45) is 12.4. The summed E-state index contributed by atoms with van der Waals surface area (Å²) in [6, 6.07) is 53.4. The van der Waals surface area contributed by atoms with E-state index in [2.05, 4.69) is 144 Å². The van der Waals surface area contributed by atoms with Crippen molar-refractivity contribution in [2.75, 3.05) is 0 Å². The number of furan rings is 1. The number of pyridine rings is 2. The number of hydrogen-bond acceptors (Lipinski definition) is 3. The van der Waals surface area contributed by atoms with Crippen molar-refractivity contribution in [3.05, 3.63) is 164 Å². The normalized spacial score (nSPS) is 17.5. The summed E-state index contributed by atoms with van der Waals surface area (Å²) in [5, 5.41) is 2.26. The van der Waals surface area contributed by atoms with Gasteiger partial charge in [0.15, 0.2) is 0 Å². The number of fused-ring (bicyclic) bond motifs is 6. The Bertz CT molecular complexity index is 2570. The van der Waals surface area contributed by atoms with Crippen LogP contribution in [0.15, 0.2) is 150 Å². The van der Waals surface area contributed by atoms with E-state index in [9.17, 15) is 0 Å². The van der Waals surface area contributed by atoms with Gasteiger partial charge in [0.25, 0.3) is 0 Å². The Morgan fingerprint density at radius 3 is 2.05 bits per heavy atom. The second-order valence-electron chi connectivity index (χ2n) is 16.8. The molecule has 2 bridgehead atoms. The molecule has 0 aliphatic heterocycles. The Kier molecular flexibility index (Phi) is 11.8. The van der Waals surface area contributed by atoms with Crippen LogP contribution in [0.5, 0.6) is 0 Å². The van der Waals surface area contributed by atoms with Gasteiger partial charge < -0.3 is 9.40 Å². The van der Waals surface area contributed by atoms with E-state index in [0.717, 1.165) is 62.2 Å². The van der Waals surface area contributed by atoms with Crippen LogP contribution >= 0.6 is 0 Å². The first-order chi connectivity index (χ1) is 27.4. The average Bonchev–Trinajstić information content (AvgIpc) is 3.63. The maximum Gasteiger partial charge on any atom is 0.121 e. The minimum Gasteiger partial charge on any atom is -0.501 e. The van der Waals surface area contributed by atoms with Crippen molar-refractivity contribution >= 4 is 39.6 Å². The molecule has 0 N–H and O–H groups in total. The van der Waals surface area contributed by atoms with Gasteiger partial charge in [-0.3, -0.25) is 0 Å². The van der Waals surface area contributed by atoms with Gasteiger partial charge in [0.2, 0.25) is 0 Å². The number of benzene rings is 5. The summed E-state index contributed by atoms with van der Waals surface area (Å²) in [5.41, 5.74) is 11.9. The molecular formula is C52H48GeIrN2O-2. The molecule has 3 nitrogen and oxygen atoms in total. The van der Waals surface area contributed by atoms with Gasteiger partial charge in [-0.05, 0) is 72.4 Å². The van der Waals surface area contributed by atoms with Gasteiger partial charge >= 0.3 is 135 Å². The SMILES string of the molecule is [CH3][Ge]([CH3])([CH3])[c]1ccc(-c2[c-]cc(-c3ccccc3)cc2)nc1.[Ir].[c-]1ccc2c(oc3cc(-c4ccccc4)ccc32)c1-c1cc(CC2CC3CCC2CC3)ccn1. The Hall–Kier alpha value is -4.61. The van der Waals surface area contributed by atoms with E-state index in [1.165, 1.54) is 70.7 Å². The van der Waals surface area contributed by atoms with Crippen molar-refractivity contribution < 1.29 is 24.5 Å². The summed E-state index contributed by atoms with van der Waals surface area (Å²) in [6.45, 7) is 0. The zero-order chi connectivity index (χ0) is 38.1. The molecule has 3 heterocycles. The molecule has 1 radical (unpaired) electrons. The molecule has 3 fully saturated rings. The van der Waals surface area contributed by atoms with Crippen LogP contribution in [0.25, 0.3) is 66.7 Å².